The van der Waals surface area contributed by atoms with E-state index in [2.05, 4.69) is 17.1 Å². The smallest absolute Gasteiger partial charge is 0.264 e. The lowest BCUT2D eigenvalue weighted by Gasteiger charge is -2.22. The van der Waals surface area contributed by atoms with Gasteiger partial charge in [-0.25, -0.2) is 0 Å². The molecule has 0 saturated carbocycles. The third-order valence-corrected chi connectivity index (χ3v) is 3.99. The van der Waals surface area contributed by atoms with Gasteiger partial charge in [-0.1, -0.05) is 37.4 Å². The number of hydrogen-bond acceptors (Lipinski definition) is 4. The van der Waals surface area contributed by atoms with E-state index in [-0.39, 0.29) is 16.9 Å². The second-order valence-electron chi connectivity index (χ2n) is 5.62. The van der Waals surface area contributed by atoms with Crippen LogP contribution >= 0.6 is 11.6 Å². The van der Waals surface area contributed by atoms with E-state index in [4.69, 9.17) is 16.3 Å². The Labute approximate surface area is 140 Å². The van der Waals surface area contributed by atoms with E-state index in [9.17, 15) is 4.79 Å². The number of carbonyl (C=O) groups excluding carboxylic acids is 1. The van der Waals surface area contributed by atoms with Crippen LogP contribution in [0.3, 0.4) is 0 Å². The minimum atomic E-state index is -0.155. The van der Waals surface area contributed by atoms with Gasteiger partial charge in [-0.15, -0.1) is 10.2 Å². The van der Waals surface area contributed by atoms with Crippen LogP contribution in [0, 0.1) is 6.92 Å². The third-order valence-electron chi connectivity index (χ3n) is 3.80. The van der Waals surface area contributed by atoms with Crippen molar-refractivity contribution in [2.45, 2.75) is 33.1 Å². The molecule has 0 aliphatic carbocycles. The Balaban J connectivity index is 2.08. The fourth-order valence-corrected chi connectivity index (χ4v) is 2.76. The maximum Gasteiger partial charge on any atom is 0.264 e. The first kappa shape index (κ1) is 15.7. The van der Waals surface area contributed by atoms with Gasteiger partial charge in [0.15, 0.2) is 10.9 Å². The number of rotatable bonds is 4. The summed E-state index contributed by atoms with van der Waals surface area (Å²) in [7, 11) is 0. The van der Waals surface area contributed by atoms with Gasteiger partial charge in [0.1, 0.15) is 5.56 Å². The number of amides is 1. The first-order valence-corrected chi connectivity index (χ1v) is 8.11. The van der Waals surface area contributed by atoms with Gasteiger partial charge < -0.3 is 9.64 Å². The lowest BCUT2D eigenvalue weighted by Crippen LogP contribution is -2.31. The van der Waals surface area contributed by atoms with Gasteiger partial charge in [-0.05, 0) is 37.1 Å². The highest BCUT2D eigenvalue weighted by atomic mass is 35.5. The maximum atomic E-state index is 13.0. The number of fused-ring (bicyclic) bond motifs is 2. The fraction of sp³-hybridized carbons (Fsp3) is 0.353. The standard InChI is InChI=1S/C17H18ClN3O2/c1-3-4-5-8-21-13-9-11(2)6-7-14(13)23-16-12(17(21)22)10-15(18)19-20-16/h6-7,9-10H,3-5,8H2,1-2H3. The Morgan fingerprint density at radius 2 is 2.04 bits per heavy atom. The van der Waals surface area contributed by atoms with Crippen molar-refractivity contribution in [2.24, 2.45) is 0 Å². The highest BCUT2D eigenvalue weighted by Crippen LogP contribution is 2.38. The van der Waals surface area contributed by atoms with Crippen LogP contribution in [0.2, 0.25) is 5.15 Å². The lowest BCUT2D eigenvalue weighted by molar-refractivity contribution is 0.0986. The fourth-order valence-electron chi connectivity index (χ4n) is 2.61. The first-order chi connectivity index (χ1) is 11.1. The Morgan fingerprint density at radius 3 is 2.83 bits per heavy atom. The van der Waals surface area contributed by atoms with Crippen LogP contribution in [-0.4, -0.2) is 22.6 Å². The number of anilines is 1. The number of unbranched alkanes of at least 4 members (excludes halogenated alkanes) is 2. The summed E-state index contributed by atoms with van der Waals surface area (Å²) in [5, 5.41) is 7.89. The number of ether oxygens (including phenoxy) is 1. The van der Waals surface area contributed by atoms with Gasteiger partial charge in [0.05, 0.1) is 5.69 Å². The van der Waals surface area contributed by atoms with E-state index in [1.165, 1.54) is 6.07 Å². The van der Waals surface area contributed by atoms with Crippen molar-refractivity contribution < 1.29 is 9.53 Å². The van der Waals surface area contributed by atoms with Crippen molar-refractivity contribution in [3.63, 3.8) is 0 Å². The number of hydrogen-bond donors (Lipinski definition) is 0. The van der Waals surface area contributed by atoms with Crippen LogP contribution in [0.15, 0.2) is 24.3 Å². The Kier molecular flexibility index (Phi) is 4.48. The highest BCUT2D eigenvalue weighted by Gasteiger charge is 2.29. The Morgan fingerprint density at radius 1 is 1.22 bits per heavy atom. The molecule has 1 aromatic carbocycles. The van der Waals surface area contributed by atoms with E-state index >= 15 is 0 Å². The summed E-state index contributed by atoms with van der Waals surface area (Å²) in [5.74, 6) is 0.649. The normalized spacial score (nSPS) is 13.2. The Hall–Kier alpha value is -2.14. The summed E-state index contributed by atoms with van der Waals surface area (Å²) in [5.41, 5.74) is 2.17. The van der Waals surface area contributed by atoms with E-state index in [0.717, 1.165) is 30.5 Å². The molecule has 0 N–H and O–H groups in total. The summed E-state index contributed by atoms with van der Waals surface area (Å²) in [6, 6.07) is 7.27. The molecule has 1 aromatic heterocycles. The number of halogens is 1. The summed E-state index contributed by atoms with van der Waals surface area (Å²) < 4.78 is 5.82. The second-order valence-corrected chi connectivity index (χ2v) is 6.01. The number of benzene rings is 1. The van der Waals surface area contributed by atoms with Crippen LogP contribution in [-0.2, 0) is 0 Å². The van der Waals surface area contributed by atoms with Crippen molar-refractivity contribution in [2.75, 3.05) is 11.4 Å². The van der Waals surface area contributed by atoms with Crippen LogP contribution in [0.4, 0.5) is 5.69 Å². The topological polar surface area (TPSA) is 55.3 Å². The van der Waals surface area contributed by atoms with Gasteiger partial charge in [0.25, 0.3) is 11.8 Å². The average molecular weight is 332 g/mol. The molecular weight excluding hydrogens is 314 g/mol. The zero-order valence-electron chi connectivity index (χ0n) is 13.2. The van der Waals surface area contributed by atoms with Crippen LogP contribution in [0.5, 0.6) is 11.6 Å². The maximum absolute atomic E-state index is 13.0. The third kappa shape index (κ3) is 3.15. The molecule has 0 bridgehead atoms. The van der Waals surface area contributed by atoms with Crippen molar-refractivity contribution in [3.05, 3.63) is 40.5 Å². The summed E-state index contributed by atoms with van der Waals surface area (Å²) in [6.45, 7) is 4.76. The van der Waals surface area contributed by atoms with Gasteiger partial charge in [0.2, 0.25) is 0 Å². The molecule has 3 rings (SSSR count). The number of aryl methyl sites for hydroxylation is 1. The van der Waals surface area contributed by atoms with Crippen LogP contribution < -0.4 is 9.64 Å². The predicted octanol–water partition coefficient (Wildman–Crippen LogP) is 4.38. The van der Waals surface area contributed by atoms with Crippen molar-refractivity contribution in [1.82, 2.24) is 10.2 Å². The summed E-state index contributed by atoms with van der Waals surface area (Å²) in [6.07, 6.45) is 3.08. The lowest BCUT2D eigenvalue weighted by atomic mass is 10.1. The SMILES string of the molecule is CCCCCN1C(=O)c2cc(Cl)nnc2Oc2ccc(C)cc21. The number of aromatic nitrogens is 2. The van der Waals surface area contributed by atoms with Gasteiger partial charge >= 0.3 is 0 Å². The van der Waals surface area contributed by atoms with Gasteiger partial charge in [-0.3, -0.25) is 4.79 Å². The molecule has 0 unspecified atom stereocenters. The van der Waals surface area contributed by atoms with E-state index in [1.54, 1.807) is 4.90 Å². The molecule has 2 aromatic rings. The molecular formula is C17H18ClN3O2. The first-order valence-electron chi connectivity index (χ1n) is 7.73. The second kappa shape index (κ2) is 6.54. The monoisotopic (exact) mass is 331 g/mol. The van der Waals surface area contributed by atoms with Crippen molar-refractivity contribution in [3.8, 4) is 11.6 Å². The van der Waals surface area contributed by atoms with E-state index in [0.29, 0.717) is 17.9 Å². The number of carbonyl (C=O) groups is 1. The van der Waals surface area contributed by atoms with Crippen molar-refractivity contribution >= 4 is 23.2 Å². The molecule has 1 amide bonds. The summed E-state index contributed by atoms with van der Waals surface area (Å²) >= 11 is 5.91. The minimum absolute atomic E-state index is 0.155. The number of nitrogens with zero attached hydrogens (tertiary/aromatic N) is 3. The largest absolute Gasteiger partial charge is 0.435 e. The minimum Gasteiger partial charge on any atom is -0.435 e. The predicted molar refractivity (Wildman–Crippen MR) is 89.5 cm³/mol. The molecule has 0 spiro atoms. The quantitative estimate of drug-likeness (QED) is 0.780. The molecule has 0 fully saturated rings. The van der Waals surface area contributed by atoms with Crippen LogP contribution in [0.1, 0.15) is 42.1 Å². The van der Waals surface area contributed by atoms with Crippen LogP contribution in [0.25, 0.3) is 0 Å². The molecule has 5 nitrogen and oxygen atoms in total. The molecule has 6 heteroatoms. The molecule has 0 radical (unpaired) electrons. The molecule has 1 aliphatic rings. The molecule has 1 aliphatic heterocycles. The molecule has 120 valence electrons. The highest BCUT2D eigenvalue weighted by molar-refractivity contribution is 6.29. The van der Waals surface area contributed by atoms with Crippen molar-refractivity contribution in [1.29, 1.82) is 0 Å². The molecule has 23 heavy (non-hydrogen) atoms. The molecule has 0 atom stereocenters. The zero-order valence-corrected chi connectivity index (χ0v) is 13.9. The molecule has 0 saturated heterocycles. The van der Waals surface area contributed by atoms with Gasteiger partial charge in [-0.2, -0.15) is 0 Å². The van der Waals surface area contributed by atoms with E-state index in [1.807, 2.05) is 25.1 Å². The van der Waals surface area contributed by atoms with E-state index < -0.39 is 0 Å². The van der Waals surface area contributed by atoms with Gasteiger partial charge in [0, 0.05) is 6.54 Å². The Bertz CT molecular complexity index is 749. The zero-order chi connectivity index (χ0) is 16.4. The average Bonchev–Trinajstić information content (AvgIpc) is 2.64. The molecule has 2 heterocycles. The summed E-state index contributed by atoms with van der Waals surface area (Å²) in [4.78, 5) is 14.7.